The molecule has 1 N–H and O–H groups in total. The Morgan fingerprint density at radius 1 is 0.923 bits per heavy atom. The molecule has 0 bridgehead atoms. The SMILES string of the molecule is CCN1CCN(CCNC(=O)c2ccc(/C=C3/Sc4ccccc4N(Cc4ccccc4C)C3=O)cc2)CC1. The first-order valence-corrected chi connectivity index (χ1v) is 14.5. The number of nitrogens with one attached hydrogen (secondary N) is 1. The average Bonchev–Trinajstić information content (AvgIpc) is 2.97. The van der Waals surface area contributed by atoms with Crippen LogP contribution < -0.4 is 10.2 Å². The predicted molar refractivity (Wildman–Crippen MR) is 160 cm³/mol. The molecule has 7 heteroatoms. The second kappa shape index (κ2) is 12.6. The van der Waals surface area contributed by atoms with Crippen LogP contribution >= 0.6 is 11.8 Å². The number of amides is 2. The maximum atomic E-state index is 13.6. The first-order chi connectivity index (χ1) is 19.0. The Morgan fingerprint density at radius 3 is 2.36 bits per heavy atom. The van der Waals surface area contributed by atoms with Gasteiger partial charge in [-0.15, -0.1) is 0 Å². The highest BCUT2D eigenvalue weighted by Gasteiger charge is 2.29. The van der Waals surface area contributed by atoms with Gasteiger partial charge in [-0.05, 0) is 60.5 Å². The van der Waals surface area contributed by atoms with Gasteiger partial charge < -0.3 is 15.1 Å². The molecule has 0 spiro atoms. The van der Waals surface area contributed by atoms with Crippen LogP contribution in [0.5, 0.6) is 0 Å². The van der Waals surface area contributed by atoms with Crippen LogP contribution in [0.25, 0.3) is 6.08 Å². The number of likely N-dealkylation sites (N-methyl/N-ethyl adjacent to an activating group) is 1. The number of aryl methyl sites for hydroxylation is 1. The molecule has 3 aromatic carbocycles. The Labute approximate surface area is 235 Å². The minimum absolute atomic E-state index is 0.0106. The largest absolute Gasteiger partial charge is 0.351 e. The van der Waals surface area contributed by atoms with Crippen molar-refractivity contribution in [2.75, 3.05) is 50.7 Å². The first kappa shape index (κ1) is 27.2. The molecule has 6 nitrogen and oxygen atoms in total. The molecular weight excluding hydrogens is 504 g/mol. The number of carbonyl (C=O) groups excluding carboxylic acids is 2. The Kier molecular flexibility index (Phi) is 8.81. The number of rotatable bonds is 8. The molecule has 2 heterocycles. The summed E-state index contributed by atoms with van der Waals surface area (Å²) < 4.78 is 0. The van der Waals surface area contributed by atoms with Crippen LogP contribution in [0.15, 0.2) is 82.6 Å². The van der Waals surface area contributed by atoms with Gasteiger partial charge >= 0.3 is 0 Å². The maximum absolute atomic E-state index is 13.6. The number of anilines is 1. The third kappa shape index (κ3) is 6.61. The molecule has 3 aromatic rings. The van der Waals surface area contributed by atoms with E-state index < -0.39 is 0 Å². The van der Waals surface area contributed by atoms with Crippen molar-refractivity contribution < 1.29 is 9.59 Å². The number of benzene rings is 3. The number of hydrogen-bond acceptors (Lipinski definition) is 5. The van der Waals surface area contributed by atoms with E-state index in [9.17, 15) is 9.59 Å². The number of para-hydroxylation sites is 1. The molecule has 2 aliphatic heterocycles. The molecule has 1 saturated heterocycles. The maximum Gasteiger partial charge on any atom is 0.265 e. The molecular formula is C32H36N4O2S. The van der Waals surface area contributed by atoms with Gasteiger partial charge in [0, 0.05) is 49.7 Å². The van der Waals surface area contributed by atoms with Crippen molar-refractivity contribution in [2.24, 2.45) is 0 Å². The smallest absolute Gasteiger partial charge is 0.265 e. The van der Waals surface area contributed by atoms with Crippen molar-refractivity contribution in [2.45, 2.75) is 25.3 Å². The van der Waals surface area contributed by atoms with Crippen LogP contribution in [-0.2, 0) is 11.3 Å². The summed E-state index contributed by atoms with van der Waals surface area (Å²) in [7, 11) is 0. The minimum atomic E-state index is -0.0668. The zero-order chi connectivity index (χ0) is 27.2. The Bertz CT molecular complexity index is 1350. The summed E-state index contributed by atoms with van der Waals surface area (Å²) >= 11 is 1.50. The third-order valence-corrected chi connectivity index (χ3v) is 8.60. The topological polar surface area (TPSA) is 55.9 Å². The summed E-state index contributed by atoms with van der Waals surface area (Å²) in [5.41, 5.74) is 4.76. The highest BCUT2D eigenvalue weighted by Crippen LogP contribution is 2.42. The third-order valence-electron chi connectivity index (χ3n) is 7.52. The van der Waals surface area contributed by atoms with E-state index >= 15 is 0 Å². The lowest BCUT2D eigenvalue weighted by Crippen LogP contribution is -2.48. The molecule has 5 rings (SSSR count). The lowest BCUT2D eigenvalue weighted by molar-refractivity contribution is -0.114. The van der Waals surface area contributed by atoms with Crippen molar-refractivity contribution >= 4 is 35.3 Å². The van der Waals surface area contributed by atoms with Gasteiger partial charge in [-0.2, -0.15) is 0 Å². The number of thioether (sulfide) groups is 1. The van der Waals surface area contributed by atoms with Crippen molar-refractivity contribution in [1.29, 1.82) is 0 Å². The van der Waals surface area contributed by atoms with E-state index in [-0.39, 0.29) is 11.8 Å². The van der Waals surface area contributed by atoms with Crippen LogP contribution in [0.1, 0.15) is 34.0 Å². The summed E-state index contributed by atoms with van der Waals surface area (Å²) in [6.07, 6.45) is 1.92. The van der Waals surface area contributed by atoms with Gasteiger partial charge in [0.25, 0.3) is 11.8 Å². The number of piperazine rings is 1. The van der Waals surface area contributed by atoms with Crippen molar-refractivity contribution in [3.8, 4) is 0 Å². The second-order valence-corrected chi connectivity index (χ2v) is 11.1. The molecule has 2 aliphatic rings. The molecule has 0 radical (unpaired) electrons. The van der Waals surface area contributed by atoms with E-state index in [2.05, 4.69) is 47.2 Å². The van der Waals surface area contributed by atoms with E-state index in [0.717, 1.165) is 61.0 Å². The molecule has 0 saturated carbocycles. The van der Waals surface area contributed by atoms with Crippen LogP contribution in [0, 0.1) is 6.92 Å². The van der Waals surface area contributed by atoms with Gasteiger partial charge in [-0.25, -0.2) is 0 Å². The monoisotopic (exact) mass is 540 g/mol. The normalized spacial score (nSPS) is 17.3. The number of carbonyl (C=O) groups is 2. The van der Waals surface area contributed by atoms with Crippen LogP contribution in [0.4, 0.5) is 5.69 Å². The first-order valence-electron chi connectivity index (χ1n) is 13.7. The van der Waals surface area contributed by atoms with E-state index in [1.54, 1.807) is 0 Å². The zero-order valence-corrected chi connectivity index (χ0v) is 23.5. The highest BCUT2D eigenvalue weighted by atomic mass is 32.2. The van der Waals surface area contributed by atoms with Crippen molar-refractivity contribution in [1.82, 2.24) is 15.1 Å². The average molecular weight is 541 g/mol. The Hall–Kier alpha value is -3.39. The molecule has 0 aromatic heterocycles. The molecule has 0 unspecified atom stereocenters. The quantitative estimate of drug-likeness (QED) is 0.406. The van der Waals surface area contributed by atoms with E-state index in [1.165, 1.54) is 17.3 Å². The molecule has 1 fully saturated rings. The van der Waals surface area contributed by atoms with Gasteiger partial charge in [-0.1, -0.05) is 67.2 Å². The number of nitrogens with zero attached hydrogens (tertiary/aromatic N) is 3. The van der Waals surface area contributed by atoms with Gasteiger partial charge in [-0.3, -0.25) is 14.5 Å². The van der Waals surface area contributed by atoms with E-state index in [0.29, 0.717) is 23.6 Å². The summed E-state index contributed by atoms with van der Waals surface area (Å²) in [4.78, 5) is 34.8. The predicted octanol–water partition coefficient (Wildman–Crippen LogP) is 5.04. The molecule has 2 amide bonds. The molecule has 202 valence electrons. The van der Waals surface area contributed by atoms with Crippen molar-refractivity contribution in [3.05, 3.63) is 100.0 Å². The van der Waals surface area contributed by atoms with Crippen LogP contribution in [0.2, 0.25) is 0 Å². The van der Waals surface area contributed by atoms with Gasteiger partial charge in [0.05, 0.1) is 17.1 Å². The Balaban J connectivity index is 1.24. The number of fused-ring (bicyclic) bond motifs is 1. The van der Waals surface area contributed by atoms with Crippen LogP contribution in [-0.4, -0.2) is 67.4 Å². The lowest BCUT2D eigenvalue weighted by atomic mass is 10.1. The molecule has 0 atom stereocenters. The van der Waals surface area contributed by atoms with E-state index in [1.807, 2.05) is 65.6 Å². The minimum Gasteiger partial charge on any atom is -0.351 e. The number of hydrogen-bond donors (Lipinski definition) is 1. The lowest BCUT2D eigenvalue weighted by Gasteiger charge is -2.33. The standard InChI is InChI=1S/C32H36N4O2S/c1-3-34-18-20-35(21-19-34)17-16-33-31(37)26-14-12-25(13-15-26)22-30-32(38)36(23-27-9-5-4-8-24(27)2)28-10-6-7-11-29(28)39-30/h4-15,22H,3,16-21,23H2,1-2H3,(H,33,37)/b30-22+. The van der Waals surface area contributed by atoms with Gasteiger partial charge in [0.15, 0.2) is 0 Å². The fraction of sp³-hybridized carbons (Fsp3) is 0.312. The van der Waals surface area contributed by atoms with Crippen LogP contribution in [0.3, 0.4) is 0 Å². The zero-order valence-electron chi connectivity index (χ0n) is 22.7. The highest BCUT2D eigenvalue weighted by molar-refractivity contribution is 8.04. The fourth-order valence-electron chi connectivity index (χ4n) is 5.02. The van der Waals surface area contributed by atoms with Crippen molar-refractivity contribution in [3.63, 3.8) is 0 Å². The van der Waals surface area contributed by atoms with Gasteiger partial charge in [0.1, 0.15) is 0 Å². The Morgan fingerprint density at radius 2 is 1.62 bits per heavy atom. The fourth-order valence-corrected chi connectivity index (χ4v) is 6.08. The summed E-state index contributed by atoms with van der Waals surface area (Å²) in [6.45, 7) is 11.7. The molecule has 39 heavy (non-hydrogen) atoms. The van der Waals surface area contributed by atoms with Gasteiger partial charge in [0.2, 0.25) is 0 Å². The summed E-state index contributed by atoms with van der Waals surface area (Å²) in [6, 6.07) is 23.7. The molecule has 0 aliphatic carbocycles. The summed E-state index contributed by atoms with van der Waals surface area (Å²) in [5, 5.41) is 3.05. The second-order valence-electron chi connectivity index (χ2n) is 10.0. The van der Waals surface area contributed by atoms with E-state index in [4.69, 9.17) is 0 Å². The summed E-state index contributed by atoms with van der Waals surface area (Å²) in [5.74, 6) is -0.0774.